The van der Waals surface area contributed by atoms with Crippen molar-refractivity contribution in [2.45, 2.75) is 4.90 Å². The summed E-state index contributed by atoms with van der Waals surface area (Å²) in [5.74, 6) is -0.292. The number of anilines is 1. The number of carbonyl (C=O) groups is 1. The molecule has 1 N–H and O–H groups in total. The molecule has 6 heteroatoms. The molecular formula is C17H16N2O3S. The molecule has 0 unspecified atom stereocenters. The van der Waals surface area contributed by atoms with E-state index in [0.717, 1.165) is 11.1 Å². The molecule has 3 rings (SSSR count). The van der Waals surface area contributed by atoms with Crippen molar-refractivity contribution in [3.63, 3.8) is 0 Å². The van der Waals surface area contributed by atoms with Crippen molar-refractivity contribution in [3.8, 4) is 0 Å². The van der Waals surface area contributed by atoms with Crippen molar-refractivity contribution >= 4 is 27.1 Å². The molecule has 0 aliphatic carbocycles. The van der Waals surface area contributed by atoms with Crippen LogP contribution in [-0.4, -0.2) is 28.4 Å². The van der Waals surface area contributed by atoms with Crippen molar-refractivity contribution < 1.29 is 13.2 Å². The molecule has 0 saturated carbocycles. The Morgan fingerprint density at radius 2 is 1.70 bits per heavy atom. The first-order valence-electron chi connectivity index (χ1n) is 7.03. The van der Waals surface area contributed by atoms with Crippen LogP contribution in [-0.2, 0) is 9.84 Å². The lowest BCUT2D eigenvalue weighted by Gasteiger charge is -2.13. The third kappa shape index (κ3) is 2.85. The minimum Gasteiger partial charge on any atom is -0.378 e. The zero-order chi connectivity index (χ0) is 16.6. The molecule has 0 atom stereocenters. The maximum Gasteiger partial charge on any atom is 0.256 e. The van der Waals surface area contributed by atoms with E-state index in [1.54, 1.807) is 30.3 Å². The lowest BCUT2D eigenvalue weighted by Crippen LogP contribution is -2.13. The molecule has 1 amide bonds. The quantitative estimate of drug-likeness (QED) is 0.938. The van der Waals surface area contributed by atoms with Crippen molar-refractivity contribution in [2.75, 3.05) is 19.0 Å². The molecule has 1 heterocycles. The summed E-state index contributed by atoms with van der Waals surface area (Å²) in [6.07, 6.45) is 0. The van der Waals surface area contributed by atoms with Gasteiger partial charge in [-0.3, -0.25) is 4.79 Å². The Hall–Kier alpha value is -2.60. The fraction of sp³-hybridized carbons (Fsp3) is 0.118. The van der Waals surface area contributed by atoms with Gasteiger partial charge in [-0.1, -0.05) is 18.2 Å². The standard InChI is InChI=1S/C17H16N2O3S/c1-19(2)12-8-9-14-15(10-12)16(18-17(14)20)11-23(21,22)13-6-4-3-5-7-13/h3-11H,1-2H3,(H,18,20)/b16-11-. The number of sulfone groups is 1. The van der Waals surface area contributed by atoms with E-state index in [9.17, 15) is 13.2 Å². The normalized spacial score (nSPS) is 15.4. The van der Waals surface area contributed by atoms with Gasteiger partial charge in [-0.25, -0.2) is 8.42 Å². The monoisotopic (exact) mass is 328 g/mol. The third-order valence-corrected chi connectivity index (χ3v) is 5.12. The second kappa shape index (κ2) is 5.55. The van der Waals surface area contributed by atoms with Gasteiger partial charge in [0.25, 0.3) is 5.91 Å². The van der Waals surface area contributed by atoms with Gasteiger partial charge < -0.3 is 10.2 Å². The zero-order valence-electron chi connectivity index (χ0n) is 12.8. The Labute approximate surface area is 135 Å². The predicted molar refractivity (Wildman–Crippen MR) is 89.8 cm³/mol. The van der Waals surface area contributed by atoms with Gasteiger partial charge in [0.15, 0.2) is 0 Å². The number of amides is 1. The van der Waals surface area contributed by atoms with Gasteiger partial charge >= 0.3 is 0 Å². The average molecular weight is 328 g/mol. The molecule has 23 heavy (non-hydrogen) atoms. The summed E-state index contributed by atoms with van der Waals surface area (Å²) in [6.45, 7) is 0. The minimum atomic E-state index is -3.63. The number of nitrogens with one attached hydrogen (secondary N) is 1. The lowest BCUT2D eigenvalue weighted by atomic mass is 10.1. The van der Waals surface area contributed by atoms with Crippen molar-refractivity contribution in [3.05, 3.63) is 65.1 Å². The second-order valence-electron chi connectivity index (χ2n) is 5.47. The van der Waals surface area contributed by atoms with Gasteiger partial charge in [0.2, 0.25) is 9.84 Å². The zero-order valence-corrected chi connectivity index (χ0v) is 13.6. The predicted octanol–water partition coefficient (Wildman–Crippen LogP) is 2.27. The van der Waals surface area contributed by atoms with E-state index in [4.69, 9.17) is 0 Å². The van der Waals surface area contributed by atoms with Gasteiger partial charge in [0.05, 0.1) is 16.0 Å². The van der Waals surface area contributed by atoms with Crippen molar-refractivity contribution in [2.24, 2.45) is 0 Å². The fourth-order valence-electron chi connectivity index (χ4n) is 2.41. The highest BCUT2D eigenvalue weighted by atomic mass is 32.2. The maximum absolute atomic E-state index is 12.5. The highest BCUT2D eigenvalue weighted by molar-refractivity contribution is 7.94. The molecule has 2 aromatic rings. The largest absolute Gasteiger partial charge is 0.378 e. The summed E-state index contributed by atoms with van der Waals surface area (Å²) in [6, 6.07) is 13.5. The molecule has 0 bridgehead atoms. The lowest BCUT2D eigenvalue weighted by molar-refractivity contribution is 0.0981. The molecule has 0 radical (unpaired) electrons. The maximum atomic E-state index is 12.5. The summed E-state index contributed by atoms with van der Waals surface area (Å²) < 4.78 is 25.0. The van der Waals surface area contributed by atoms with Gasteiger partial charge in [-0.15, -0.1) is 0 Å². The SMILES string of the molecule is CN(C)c1ccc2c(c1)/C(=C/S(=O)(=O)c1ccccc1)NC2=O. The van der Waals surface area contributed by atoms with Gasteiger partial charge in [-0.2, -0.15) is 0 Å². The number of hydrogen-bond acceptors (Lipinski definition) is 4. The first-order valence-corrected chi connectivity index (χ1v) is 8.58. The van der Waals surface area contributed by atoms with Crippen LogP contribution < -0.4 is 10.2 Å². The molecular weight excluding hydrogens is 312 g/mol. The minimum absolute atomic E-state index is 0.193. The summed E-state index contributed by atoms with van der Waals surface area (Å²) in [7, 11) is 0.137. The van der Waals surface area contributed by atoms with Gasteiger partial charge in [-0.05, 0) is 30.3 Å². The number of nitrogens with zero attached hydrogens (tertiary/aromatic N) is 1. The fourth-order valence-corrected chi connectivity index (χ4v) is 3.58. The van der Waals surface area contributed by atoms with Crippen LogP contribution in [0.25, 0.3) is 5.70 Å². The number of hydrogen-bond donors (Lipinski definition) is 1. The van der Waals surface area contributed by atoms with E-state index in [0.29, 0.717) is 16.8 Å². The molecule has 1 aliphatic heterocycles. The number of rotatable bonds is 3. The van der Waals surface area contributed by atoms with E-state index in [1.807, 2.05) is 25.1 Å². The van der Waals surface area contributed by atoms with Gasteiger partial charge in [0.1, 0.15) is 0 Å². The highest BCUT2D eigenvalue weighted by Gasteiger charge is 2.26. The topological polar surface area (TPSA) is 66.5 Å². The summed E-state index contributed by atoms with van der Waals surface area (Å²) in [5.41, 5.74) is 2.27. The highest BCUT2D eigenvalue weighted by Crippen LogP contribution is 2.29. The van der Waals surface area contributed by atoms with Crippen LogP contribution in [0.2, 0.25) is 0 Å². The Bertz CT molecular complexity index is 901. The Kier molecular flexibility index (Phi) is 3.69. The van der Waals surface area contributed by atoms with Crippen LogP contribution >= 0.6 is 0 Å². The van der Waals surface area contributed by atoms with Crippen molar-refractivity contribution in [1.29, 1.82) is 0 Å². The number of benzene rings is 2. The molecule has 0 saturated heterocycles. The van der Waals surface area contributed by atoms with Crippen LogP contribution in [0.15, 0.2) is 58.8 Å². The summed E-state index contributed by atoms with van der Waals surface area (Å²) in [5, 5.41) is 3.75. The molecule has 118 valence electrons. The molecule has 0 fully saturated rings. The molecule has 0 aromatic heterocycles. The smallest absolute Gasteiger partial charge is 0.256 e. The van der Waals surface area contributed by atoms with Crippen LogP contribution in [0.1, 0.15) is 15.9 Å². The van der Waals surface area contributed by atoms with E-state index < -0.39 is 9.84 Å². The molecule has 1 aliphatic rings. The van der Waals surface area contributed by atoms with E-state index in [2.05, 4.69) is 5.32 Å². The first-order chi connectivity index (χ1) is 10.9. The van der Waals surface area contributed by atoms with E-state index in [1.165, 1.54) is 12.1 Å². The summed E-state index contributed by atoms with van der Waals surface area (Å²) >= 11 is 0. The van der Waals surface area contributed by atoms with Gasteiger partial charge in [0, 0.05) is 30.9 Å². The van der Waals surface area contributed by atoms with Crippen LogP contribution in [0.3, 0.4) is 0 Å². The number of fused-ring (bicyclic) bond motifs is 1. The van der Waals surface area contributed by atoms with Crippen LogP contribution in [0.5, 0.6) is 0 Å². The van der Waals surface area contributed by atoms with E-state index >= 15 is 0 Å². The Morgan fingerprint density at radius 1 is 1.00 bits per heavy atom. The third-order valence-electron chi connectivity index (χ3n) is 3.65. The Balaban J connectivity index is 2.10. The molecule has 0 spiro atoms. The molecule has 5 nitrogen and oxygen atoms in total. The Morgan fingerprint density at radius 3 is 2.35 bits per heavy atom. The number of carbonyl (C=O) groups excluding carboxylic acids is 1. The molecule has 2 aromatic carbocycles. The van der Waals surface area contributed by atoms with Crippen molar-refractivity contribution in [1.82, 2.24) is 5.32 Å². The van der Waals surface area contributed by atoms with Crippen LogP contribution in [0.4, 0.5) is 5.69 Å². The van der Waals surface area contributed by atoms with Crippen LogP contribution in [0, 0.1) is 0 Å². The van der Waals surface area contributed by atoms with E-state index in [-0.39, 0.29) is 10.8 Å². The average Bonchev–Trinajstić information content (AvgIpc) is 2.83. The second-order valence-corrected chi connectivity index (χ2v) is 7.27. The summed E-state index contributed by atoms with van der Waals surface area (Å²) in [4.78, 5) is 14.1. The first kappa shape index (κ1) is 15.3.